The van der Waals surface area contributed by atoms with Gasteiger partial charge in [-0.15, -0.1) is 5.11 Å². The number of carbonyl (C=O) groups excluding carboxylic acids is 2. The molecule has 0 aliphatic carbocycles. The van der Waals surface area contributed by atoms with Gasteiger partial charge < -0.3 is 20.5 Å². The molecule has 0 aromatic heterocycles. The smallest absolute Gasteiger partial charge is 0.310 e. The molecular formula is C26H29N5O6. The first kappa shape index (κ1) is 28.4. The van der Waals surface area contributed by atoms with Gasteiger partial charge in [0.2, 0.25) is 0 Å². The van der Waals surface area contributed by atoms with Gasteiger partial charge in [-0.2, -0.15) is 5.11 Å². The summed E-state index contributed by atoms with van der Waals surface area (Å²) < 4.78 is 10.9. The molecule has 0 spiro atoms. The standard InChI is InChI=1S/C16H17N3O2.C10H12N2O4/c1-12(16(20)17-2)21-15-11-7-6-10-14(15)19-18-13-8-4-3-5-9-13;1-10(2,9(11)13)16-8-6-4-3-5-7(8)12(14)15/h3-12H,1-2H3,(H,17,20);3-6H,1-2H3,(H2,11,13). The Labute approximate surface area is 214 Å². The second-order valence-corrected chi connectivity index (χ2v) is 8.08. The number of nitrogens with one attached hydrogen (secondary N) is 1. The Balaban J connectivity index is 0.000000271. The fraction of sp³-hybridized carbons (Fsp3) is 0.231. The van der Waals surface area contributed by atoms with Gasteiger partial charge in [0.15, 0.2) is 17.5 Å². The Hall–Kier alpha value is -4.80. The zero-order chi connectivity index (χ0) is 27.4. The van der Waals surface area contributed by atoms with Crippen LogP contribution in [0.25, 0.3) is 0 Å². The molecule has 2 amide bonds. The number of nitrogens with zero attached hydrogens (tertiary/aromatic N) is 3. The number of hydrogen-bond donors (Lipinski definition) is 2. The van der Waals surface area contributed by atoms with Crippen LogP contribution in [0.15, 0.2) is 89.1 Å². The molecule has 0 saturated heterocycles. The fourth-order valence-corrected chi connectivity index (χ4v) is 2.71. The largest absolute Gasteiger partial charge is 0.479 e. The average Bonchev–Trinajstić information content (AvgIpc) is 2.88. The van der Waals surface area contributed by atoms with Gasteiger partial charge in [0.25, 0.3) is 11.8 Å². The molecule has 11 heteroatoms. The number of nitro benzene ring substituents is 1. The number of likely N-dealkylation sites (N-methyl/N-ethyl adjacent to an activating group) is 1. The predicted octanol–water partition coefficient (Wildman–Crippen LogP) is 4.85. The van der Waals surface area contributed by atoms with Gasteiger partial charge in [-0.05, 0) is 51.1 Å². The van der Waals surface area contributed by atoms with E-state index >= 15 is 0 Å². The van der Waals surface area contributed by atoms with Crippen LogP contribution in [-0.4, -0.2) is 35.5 Å². The van der Waals surface area contributed by atoms with E-state index in [-0.39, 0.29) is 17.3 Å². The number of carbonyl (C=O) groups is 2. The number of rotatable bonds is 9. The third-order valence-electron chi connectivity index (χ3n) is 4.83. The molecule has 3 aromatic carbocycles. The number of ether oxygens (including phenoxy) is 2. The number of para-hydroxylation sites is 3. The quantitative estimate of drug-likeness (QED) is 0.239. The van der Waals surface area contributed by atoms with Crippen molar-refractivity contribution in [2.45, 2.75) is 32.5 Å². The Morgan fingerprint density at radius 3 is 2.11 bits per heavy atom. The zero-order valence-corrected chi connectivity index (χ0v) is 21.0. The average molecular weight is 508 g/mol. The van der Waals surface area contributed by atoms with Crippen molar-refractivity contribution >= 4 is 28.9 Å². The SMILES string of the molecule is CC(C)(Oc1ccccc1[N+](=O)[O-])C(N)=O.CNC(=O)C(C)Oc1ccccc1N=Nc1ccccc1. The molecule has 1 atom stereocenters. The summed E-state index contributed by atoms with van der Waals surface area (Å²) in [5, 5.41) is 21.6. The maximum absolute atomic E-state index is 11.5. The monoisotopic (exact) mass is 507 g/mol. The van der Waals surface area contributed by atoms with E-state index in [1.54, 1.807) is 32.2 Å². The molecule has 0 bridgehead atoms. The first-order chi connectivity index (χ1) is 17.5. The molecule has 0 fully saturated rings. The summed E-state index contributed by atoms with van der Waals surface area (Å²) in [6.45, 7) is 4.59. The van der Waals surface area contributed by atoms with Crippen molar-refractivity contribution < 1.29 is 24.0 Å². The van der Waals surface area contributed by atoms with E-state index in [0.29, 0.717) is 11.4 Å². The van der Waals surface area contributed by atoms with E-state index < -0.39 is 22.5 Å². The number of amides is 2. The van der Waals surface area contributed by atoms with Gasteiger partial charge in [0, 0.05) is 13.1 Å². The number of primary amides is 1. The summed E-state index contributed by atoms with van der Waals surface area (Å²) in [5.41, 5.74) is 4.96. The molecule has 37 heavy (non-hydrogen) atoms. The lowest BCUT2D eigenvalue weighted by molar-refractivity contribution is -0.386. The van der Waals surface area contributed by atoms with Crippen molar-refractivity contribution in [3.8, 4) is 11.5 Å². The van der Waals surface area contributed by atoms with Crippen LogP contribution in [0.4, 0.5) is 17.1 Å². The van der Waals surface area contributed by atoms with E-state index in [0.717, 1.165) is 5.69 Å². The Bertz CT molecular complexity index is 1250. The van der Waals surface area contributed by atoms with Crippen molar-refractivity contribution in [3.63, 3.8) is 0 Å². The van der Waals surface area contributed by atoms with Crippen LogP contribution < -0.4 is 20.5 Å². The first-order valence-corrected chi connectivity index (χ1v) is 11.2. The second-order valence-electron chi connectivity index (χ2n) is 8.08. The highest BCUT2D eigenvalue weighted by atomic mass is 16.6. The van der Waals surface area contributed by atoms with Gasteiger partial charge in [-0.25, -0.2) is 0 Å². The van der Waals surface area contributed by atoms with E-state index in [2.05, 4.69) is 15.5 Å². The van der Waals surface area contributed by atoms with Crippen LogP contribution >= 0.6 is 0 Å². The van der Waals surface area contributed by atoms with Crippen LogP contribution in [0, 0.1) is 10.1 Å². The lowest BCUT2D eigenvalue weighted by Crippen LogP contribution is -2.43. The van der Waals surface area contributed by atoms with Crippen molar-refractivity contribution in [1.29, 1.82) is 0 Å². The number of nitro groups is 1. The second kappa shape index (κ2) is 13.3. The molecular weight excluding hydrogens is 478 g/mol. The van der Waals surface area contributed by atoms with Crippen molar-refractivity contribution in [2.75, 3.05) is 7.05 Å². The van der Waals surface area contributed by atoms with Gasteiger partial charge in [0.1, 0.15) is 11.4 Å². The lowest BCUT2D eigenvalue weighted by Gasteiger charge is -2.22. The van der Waals surface area contributed by atoms with E-state index in [9.17, 15) is 19.7 Å². The minimum atomic E-state index is -1.29. The van der Waals surface area contributed by atoms with E-state index in [1.807, 2.05) is 42.5 Å². The van der Waals surface area contributed by atoms with Gasteiger partial charge in [-0.3, -0.25) is 19.7 Å². The van der Waals surface area contributed by atoms with Crippen LogP contribution in [-0.2, 0) is 9.59 Å². The Morgan fingerprint density at radius 1 is 0.946 bits per heavy atom. The summed E-state index contributed by atoms with van der Waals surface area (Å²) in [5.74, 6) is -0.333. The molecule has 11 nitrogen and oxygen atoms in total. The number of benzene rings is 3. The highest BCUT2D eigenvalue weighted by molar-refractivity contribution is 5.83. The van der Waals surface area contributed by atoms with E-state index in [4.69, 9.17) is 15.2 Å². The Morgan fingerprint density at radius 2 is 1.51 bits per heavy atom. The van der Waals surface area contributed by atoms with Crippen molar-refractivity contribution in [3.05, 3.63) is 89.0 Å². The molecule has 3 aromatic rings. The minimum Gasteiger partial charge on any atom is -0.479 e. The normalized spacial score (nSPS) is 11.6. The summed E-state index contributed by atoms with van der Waals surface area (Å²) in [6.07, 6.45) is -0.594. The maximum Gasteiger partial charge on any atom is 0.310 e. The van der Waals surface area contributed by atoms with Crippen LogP contribution in [0.5, 0.6) is 11.5 Å². The molecule has 0 saturated carbocycles. The van der Waals surface area contributed by atoms with Gasteiger partial charge >= 0.3 is 5.69 Å². The molecule has 0 aliphatic rings. The van der Waals surface area contributed by atoms with Crippen LogP contribution in [0.1, 0.15) is 20.8 Å². The number of hydrogen-bond acceptors (Lipinski definition) is 8. The first-order valence-electron chi connectivity index (χ1n) is 11.2. The summed E-state index contributed by atoms with van der Waals surface area (Å²) >= 11 is 0. The van der Waals surface area contributed by atoms with Gasteiger partial charge in [-0.1, -0.05) is 42.5 Å². The molecule has 194 valence electrons. The summed E-state index contributed by atoms with van der Waals surface area (Å²) in [4.78, 5) is 32.7. The zero-order valence-electron chi connectivity index (χ0n) is 21.0. The van der Waals surface area contributed by atoms with Crippen molar-refractivity contribution in [1.82, 2.24) is 5.32 Å². The minimum absolute atomic E-state index is 0.0244. The third kappa shape index (κ3) is 8.73. The molecule has 0 heterocycles. The maximum atomic E-state index is 11.5. The third-order valence-corrected chi connectivity index (χ3v) is 4.83. The van der Waals surface area contributed by atoms with Crippen LogP contribution in [0.2, 0.25) is 0 Å². The molecule has 0 aliphatic heterocycles. The lowest BCUT2D eigenvalue weighted by atomic mass is 10.1. The summed E-state index contributed by atoms with van der Waals surface area (Å²) in [7, 11) is 1.57. The fourth-order valence-electron chi connectivity index (χ4n) is 2.71. The predicted molar refractivity (Wildman–Crippen MR) is 138 cm³/mol. The van der Waals surface area contributed by atoms with Crippen molar-refractivity contribution in [2.24, 2.45) is 16.0 Å². The summed E-state index contributed by atoms with van der Waals surface area (Å²) in [6, 6.07) is 22.5. The highest BCUT2D eigenvalue weighted by Crippen LogP contribution is 2.30. The molecule has 3 rings (SSSR count). The van der Waals surface area contributed by atoms with Gasteiger partial charge in [0.05, 0.1) is 10.6 Å². The number of azo groups is 1. The number of nitrogens with two attached hydrogens (primary N) is 1. The Kier molecular flexibility index (Phi) is 10.2. The van der Waals surface area contributed by atoms with E-state index in [1.165, 1.54) is 32.0 Å². The highest BCUT2D eigenvalue weighted by Gasteiger charge is 2.30. The molecule has 0 radical (unpaired) electrons. The topological polar surface area (TPSA) is 159 Å². The molecule has 3 N–H and O–H groups in total. The molecule has 1 unspecified atom stereocenters. The van der Waals surface area contributed by atoms with Crippen LogP contribution in [0.3, 0.4) is 0 Å².